The van der Waals surface area contributed by atoms with Crippen molar-refractivity contribution in [1.82, 2.24) is 20.1 Å². The summed E-state index contributed by atoms with van der Waals surface area (Å²) in [5.41, 5.74) is 2.77. The predicted molar refractivity (Wildman–Crippen MR) is 148 cm³/mol. The monoisotopic (exact) mass is 649 g/mol. The Morgan fingerprint density at radius 3 is 2.44 bits per heavy atom. The number of amides is 3. The van der Waals surface area contributed by atoms with E-state index in [0.29, 0.717) is 31.7 Å². The number of aryl methyl sites for hydroxylation is 1. The number of hydrogen-bond acceptors (Lipinski definition) is 6. The van der Waals surface area contributed by atoms with E-state index >= 15 is 0 Å². The number of aromatic hydroxyl groups is 1. The Hall–Kier alpha value is -2.86. The largest absolute Gasteiger partial charge is 0.506 e. The molecule has 4 aromatic rings. The summed E-state index contributed by atoms with van der Waals surface area (Å²) in [5, 5.41) is 25.1. The molecule has 4 rings (SSSR count). The summed E-state index contributed by atoms with van der Waals surface area (Å²) in [6.07, 6.45) is 0. The second kappa shape index (κ2) is 11.5. The first kappa shape index (κ1) is 26.2. The zero-order chi connectivity index (χ0) is 25.8. The third-order valence-electron chi connectivity index (χ3n) is 4.88. The Bertz CT molecular complexity index is 1430. The minimum absolute atomic E-state index is 0.00660. The first-order chi connectivity index (χ1) is 17.2. The van der Waals surface area contributed by atoms with Gasteiger partial charge in [-0.3, -0.25) is 14.7 Å². The highest BCUT2D eigenvalue weighted by molar-refractivity contribution is 9.11. The number of anilines is 1. The summed E-state index contributed by atoms with van der Waals surface area (Å²) in [4.78, 5) is 24.6. The van der Waals surface area contributed by atoms with Gasteiger partial charge in [-0.15, -0.1) is 10.2 Å². The molecule has 3 aromatic carbocycles. The van der Waals surface area contributed by atoms with Gasteiger partial charge in [0, 0.05) is 20.9 Å². The quantitative estimate of drug-likeness (QED) is 0.204. The van der Waals surface area contributed by atoms with E-state index < -0.39 is 11.9 Å². The predicted octanol–water partition coefficient (Wildman–Crippen LogP) is 6.57. The minimum atomic E-state index is -0.660. The van der Waals surface area contributed by atoms with Crippen LogP contribution in [0.1, 0.15) is 5.56 Å². The fraction of sp³-hybridized carbons (Fsp3) is 0.0833. The van der Waals surface area contributed by atoms with Gasteiger partial charge in [-0.1, -0.05) is 57.0 Å². The number of nitrogens with one attached hydrogen (secondary N) is 2. The molecule has 0 bridgehead atoms. The molecule has 3 amide bonds. The third-order valence-corrected chi connectivity index (χ3v) is 7.13. The molecular weight excluding hydrogens is 634 g/mol. The van der Waals surface area contributed by atoms with Crippen LogP contribution < -0.4 is 10.6 Å². The molecule has 0 atom stereocenters. The van der Waals surface area contributed by atoms with E-state index in [9.17, 15) is 14.7 Å². The first-order valence-corrected chi connectivity index (χ1v) is 13.4. The second-order valence-corrected chi connectivity index (χ2v) is 10.7. The molecule has 0 unspecified atom stereocenters. The van der Waals surface area contributed by atoms with Crippen molar-refractivity contribution in [1.29, 1.82) is 0 Å². The third kappa shape index (κ3) is 6.28. The molecule has 36 heavy (non-hydrogen) atoms. The van der Waals surface area contributed by atoms with E-state index in [1.807, 2.05) is 31.2 Å². The standard InChI is InChI=1S/C24H18Br2ClN5O3S/c1-13-2-8-17(9-3-13)32-22(18-10-14(25)11-19(26)21(18)34)30-31-24(32)36-12-20(33)29-23(35)28-16-6-4-15(27)5-7-16/h2-11,34H,12H2,1H3,(H2,28,29,33,35). The lowest BCUT2D eigenvalue weighted by atomic mass is 10.1. The Labute approximate surface area is 232 Å². The molecule has 3 N–H and O–H groups in total. The Balaban J connectivity index is 1.56. The van der Waals surface area contributed by atoms with Gasteiger partial charge in [0.25, 0.3) is 0 Å². The molecular formula is C24H18Br2ClN5O3S. The lowest BCUT2D eigenvalue weighted by molar-refractivity contribution is -0.117. The molecule has 0 saturated heterocycles. The van der Waals surface area contributed by atoms with Crippen molar-refractivity contribution in [3.63, 3.8) is 0 Å². The first-order valence-electron chi connectivity index (χ1n) is 10.4. The lowest BCUT2D eigenvalue weighted by Gasteiger charge is -2.12. The highest BCUT2D eigenvalue weighted by Crippen LogP contribution is 2.39. The Kier molecular flexibility index (Phi) is 8.35. The van der Waals surface area contributed by atoms with E-state index in [1.54, 1.807) is 41.0 Å². The molecule has 0 spiro atoms. The van der Waals surface area contributed by atoms with Crippen molar-refractivity contribution in [2.24, 2.45) is 0 Å². The number of rotatable bonds is 6. The molecule has 0 aliphatic rings. The van der Waals surface area contributed by atoms with Gasteiger partial charge in [-0.05, 0) is 71.4 Å². The average molecular weight is 652 g/mol. The molecule has 1 aromatic heterocycles. The molecule has 184 valence electrons. The van der Waals surface area contributed by atoms with Gasteiger partial charge < -0.3 is 10.4 Å². The van der Waals surface area contributed by atoms with Gasteiger partial charge in [0.15, 0.2) is 11.0 Å². The van der Waals surface area contributed by atoms with Crippen LogP contribution in [0.25, 0.3) is 17.1 Å². The number of carbonyl (C=O) groups is 2. The normalized spacial score (nSPS) is 10.8. The Morgan fingerprint density at radius 2 is 1.75 bits per heavy atom. The van der Waals surface area contributed by atoms with Crippen LogP contribution in [-0.2, 0) is 4.79 Å². The maximum Gasteiger partial charge on any atom is 0.325 e. The van der Waals surface area contributed by atoms with Crippen LogP contribution >= 0.6 is 55.2 Å². The topological polar surface area (TPSA) is 109 Å². The molecule has 0 fully saturated rings. The number of urea groups is 1. The number of phenols is 1. The average Bonchev–Trinajstić information content (AvgIpc) is 3.25. The van der Waals surface area contributed by atoms with Crippen LogP contribution in [-0.4, -0.2) is 37.6 Å². The van der Waals surface area contributed by atoms with E-state index in [1.165, 1.54) is 0 Å². The highest BCUT2D eigenvalue weighted by Gasteiger charge is 2.21. The van der Waals surface area contributed by atoms with Gasteiger partial charge in [0.2, 0.25) is 5.91 Å². The van der Waals surface area contributed by atoms with Crippen molar-refractivity contribution in [2.75, 3.05) is 11.1 Å². The highest BCUT2D eigenvalue weighted by atomic mass is 79.9. The van der Waals surface area contributed by atoms with Gasteiger partial charge in [-0.25, -0.2) is 4.79 Å². The summed E-state index contributed by atoms with van der Waals surface area (Å²) in [7, 11) is 0. The molecule has 1 heterocycles. The summed E-state index contributed by atoms with van der Waals surface area (Å²) in [6.45, 7) is 1.98. The molecule has 0 aliphatic carbocycles. The number of imide groups is 1. The van der Waals surface area contributed by atoms with Crippen molar-refractivity contribution in [3.8, 4) is 22.8 Å². The number of thioether (sulfide) groups is 1. The van der Waals surface area contributed by atoms with Crippen molar-refractivity contribution < 1.29 is 14.7 Å². The summed E-state index contributed by atoms with van der Waals surface area (Å²) in [6, 6.07) is 17.0. The van der Waals surface area contributed by atoms with E-state index in [-0.39, 0.29) is 11.5 Å². The number of hydrogen-bond donors (Lipinski definition) is 3. The van der Waals surface area contributed by atoms with Crippen LogP contribution in [0.5, 0.6) is 5.75 Å². The molecule has 0 radical (unpaired) electrons. The fourth-order valence-corrected chi connectivity index (χ4v) is 5.29. The zero-order valence-corrected chi connectivity index (χ0v) is 23.4. The van der Waals surface area contributed by atoms with Crippen LogP contribution in [0.2, 0.25) is 5.02 Å². The van der Waals surface area contributed by atoms with Crippen LogP contribution in [0, 0.1) is 6.92 Å². The number of halogens is 3. The van der Waals surface area contributed by atoms with E-state index in [4.69, 9.17) is 11.6 Å². The van der Waals surface area contributed by atoms with Crippen molar-refractivity contribution in [3.05, 3.63) is 80.2 Å². The maximum atomic E-state index is 12.5. The maximum absolute atomic E-state index is 12.5. The van der Waals surface area contributed by atoms with Crippen LogP contribution in [0.3, 0.4) is 0 Å². The van der Waals surface area contributed by atoms with E-state index in [2.05, 4.69) is 52.7 Å². The van der Waals surface area contributed by atoms with Gasteiger partial charge in [0.05, 0.1) is 15.8 Å². The summed E-state index contributed by atoms with van der Waals surface area (Å²) >= 11 is 13.7. The second-order valence-electron chi connectivity index (χ2n) is 7.56. The zero-order valence-electron chi connectivity index (χ0n) is 18.6. The van der Waals surface area contributed by atoms with Crippen LogP contribution in [0.15, 0.2) is 74.8 Å². The van der Waals surface area contributed by atoms with Crippen molar-refractivity contribution in [2.45, 2.75) is 12.1 Å². The number of phenolic OH excluding ortho intramolecular Hbond substituents is 1. The number of nitrogens with zero attached hydrogens (tertiary/aromatic N) is 3. The van der Waals surface area contributed by atoms with Gasteiger partial charge in [0.1, 0.15) is 5.75 Å². The Morgan fingerprint density at radius 1 is 1.06 bits per heavy atom. The summed E-state index contributed by atoms with van der Waals surface area (Å²) in [5.74, 6) is -0.208. The molecule has 8 nitrogen and oxygen atoms in total. The van der Waals surface area contributed by atoms with Gasteiger partial charge in [-0.2, -0.15) is 0 Å². The van der Waals surface area contributed by atoms with Gasteiger partial charge >= 0.3 is 6.03 Å². The molecule has 12 heteroatoms. The lowest BCUT2D eigenvalue weighted by Crippen LogP contribution is -2.35. The summed E-state index contributed by atoms with van der Waals surface area (Å²) < 4.78 is 2.98. The fourth-order valence-electron chi connectivity index (χ4n) is 3.19. The number of carbonyl (C=O) groups excluding carboxylic acids is 2. The van der Waals surface area contributed by atoms with Crippen LogP contribution in [0.4, 0.5) is 10.5 Å². The smallest absolute Gasteiger partial charge is 0.325 e. The SMILES string of the molecule is Cc1ccc(-n2c(SCC(=O)NC(=O)Nc3ccc(Cl)cc3)nnc2-c2cc(Br)cc(Br)c2O)cc1. The van der Waals surface area contributed by atoms with E-state index in [0.717, 1.165) is 27.5 Å². The molecule has 0 aliphatic heterocycles. The number of aromatic nitrogens is 3. The molecule has 0 saturated carbocycles. The minimum Gasteiger partial charge on any atom is -0.506 e. The van der Waals surface area contributed by atoms with Crippen molar-refractivity contribution >= 4 is 72.8 Å². The number of benzene rings is 3.